The van der Waals surface area contributed by atoms with E-state index in [1.807, 2.05) is 0 Å². The Hall–Kier alpha value is -0.620. The number of carbonyl (C=O) groups is 1. The van der Waals surface area contributed by atoms with Crippen molar-refractivity contribution in [2.75, 3.05) is 12.0 Å². The van der Waals surface area contributed by atoms with Crippen molar-refractivity contribution >= 4 is 15.8 Å². The predicted molar refractivity (Wildman–Crippen MR) is 39.9 cm³/mol. The molecule has 66 valence electrons. The summed E-state index contributed by atoms with van der Waals surface area (Å²) in [5, 5.41) is 8.26. The Kier molecular flexibility index (Phi) is 3.47. The molecule has 0 spiro atoms. The Labute approximate surface area is 65.1 Å². The summed E-state index contributed by atoms with van der Waals surface area (Å²) in [4.78, 5) is 10.1. The van der Waals surface area contributed by atoms with Crippen LogP contribution in [0.1, 0.15) is 6.42 Å². The molecule has 1 atom stereocenters. The first kappa shape index (κ1) is 10.4. The zero-order chi connectivity index (χ0) is 9.07. The summed E-state index contributed by atoms with van der Waals surface area (Å²) < 4.78 is 21.0. The lowest BCUT2D eigenvalue weighted by molar-refractivity contribution is -0.138. The highest BCUT2D eigenvalue weighted by Gasteiger charge is 2.13. The second-order valence-electron chi connectivity index (χ2n) is 2.36. The first-order chi connectivity index (χ1) is 4.83. The normalized spacial score (nSPS) is 14.4. The summed E-state index contributed by atoms with van der Waals surface area (Å²) in [5.74, 6) is -1.35. The molecule has 0 aliphatic carbocycles. The van der Waals surface area contributed by atoms with Gasteiger partial charge in [0.05, 0.1) is 5.75 Å². The number of hydrogen-bond acceptors (Lipinski definition) is 4. The molecule has 0 unspecified atom stereocenters. The summed E-state index contributed by atoms with van der Waals surface area (Å²) in [6.45, 7) is 0. The van der Waals surface area contributed by atoms with Crippen molar-refractivity contribution in [2.45, 2.75) is 12.5 Å². The van der Waals surface area contributed by atoms with E-state index in [-0.39, 0.29) is 12.2 Å². The van der Waals surface area contributed by atoms with Crippen LogP contribution < -0.4 is 5.73 Å². The summed E-state index contributed by atoms with van der Waals surface area (Å²) in [6, 6.07) is -1.08. The molecule has 0 aromatic carbocycles. The van der Waals surface area contributed by atoms with Gasteiger partial charge in [-0.1, -0.05) is 0 Å². The predicted octanol–water partition coefficient (Wildman–Crippen LogP) is -1.17. The zero-order valence-electron chi connectivity index (χ0n) is 6.15. The van der Waals surface area contributed by atoms with Gasteiger partial charge in [0.2, 0.25) is 0 Å². The van der Waals surface area contributed by atoms with Gasteiger partial charge in [-0.05, 0) is 6.42 Å². The van der Waals surface area contributed by atoms with Crippen LogP contribution in [0.15, 0.2) is 0 Å². The fourth-order valence-electron chi connectivity index (χ4n) is 0.465. The Morgan fingerprint density at radius 2 is 2.09 bits per heavy atom. The minimum absolute atomic E-state index is 0.0336. The minimum Gasteiger partial charge on any atom is -0.480 e. The van der Waals surface area contributed by atoms with Crippen molar-refractivity contribution in [1.29, 1.82) is 0 Å². The number of sulfone groups is 1. The summed E-state index contributed by atoms with van der Waals surface area (Å²) in [5.41, 5.74) is 5.06. The van der Waals surface area contributed by atoms with Crippen molar-refractivity contribution in [2.24, 2.45) is 5.73 Å². The fraction of sp³-hybridized carbons (Fsp3) is 0.800. The first-order valence-electron chi connectivity index (χ1n) is 2.99. The zero-order valence-corrected chi connectivity index (χ0v) is 6.97. The lowest BCUT2D eigenvalue weighted by atomic mass is 10.2. The van der Waals surface area contributed by atoms with Crippen LogP contribution in [0.4, 0.5) is 0 Å². The van der Waals surface area contributed by atoms with E-state index in [2.05, 4.69) is 0 Å². The van der Waals surface area contributed by atoms with Crippen LogP contribution in [0, 0.1) is 0 Å². The number of nitrogens with two attached hydrogens (primary N) is 1. The SMILES string of the molecule is CS(=O)(=O)CC[C@H](N)C(=O)O. The first-order valence-corrected chi connectivity index (χ1v) is 5.05. The highest BCUT2D eigenvalue weighted by Crippen LogP contribution is 1.93. The molecule has 0 amide bonds. The topological polar surface area (TPSA) is 97.5 Å². The molecule has 0 aliphatic rings. The number of rotatable bonds is 4. The van der Waals surface area contributed by atoms with Crippen LogP contribution in [0.2, 0.25) is 0 Å². The van der Waals surface area contributed by atoms with Gasteiger partial charge in [0, 0.05) is 6.26 Å². The maximum absolute atomic E-state index is 10.5. The molecule has 6 heteroatoms. The largest absolute Gasteiger partial charge is 0.480 e. The van der Waals surface area contributed by atoms with Gasteiger partial charge < -0.3 is 10.8 Å². The van der Waals surface area contributed by atoms with Gasteiger partial charge in [-0.25, -0.2) is 8.42 Å². The third kappa shape index (κ3) is 5.81. The maximum Gasteiger partial charge on any atom is 0.320 e. The Morgan fingerprint density at radius 3 is 2.36 bits per heavy atom. The number of aliphatic carboxylic acids is 1. The highest BCUT2D eigenvalue weighted by atomic mass is 32.2. The third-order valence-corrected chi connectivity index (χ3v) is 2.09. The van der Waals surface area contributed by atoms with E-state index in [0.717, 1.165) is 6.26 Å². The molecule has 3 N–H and O–H groups in total. The van der Waals surface area contributed by atoms with Gasteiger partial charge in [-0.15, -0.1) is 0 Å². The van der Waals surface area contributed by atoms with Crippen LogP contribution in [0.5, 0.6) is 0 Å². The molecule has 0 rings (SSSR count). The highest BCUT2D eigenvalue weighted by molar-refractivity contribution is 7.90. The van der Waals surface area contributed by atoms with Crippen LogP contribution in [0.25, 0.3) is 0 Å². The van der Waals surface area contributed by atoms with Gasteiger partial charge >= 0.3 is 5.97 Å². The van der Waals surface area contributed by atoms with E-state index in [9.17, 15) is 13.2 Å². The van der Waals surface area contributed by atoms with E-state index >= 15 is 0 Å². The quantitative estimate of drug-likeness (QED) is 0.569. The summed E-state index contributed by atoms with van der Waals surface area (Å²) >= 11 is 0. The van der Waals surface area contributed by atoms with Crippen molar-refractivity contribution in [3.8, 4) is 0 Å². The van der Waals surface area contributed by atoms with E-state index < -0.39 is 21.8 Å². The monoisotopic (exact) mass is 181 g/mol. The average molecular weight is 181 g/mol. The fourth-order valence-corrected chi connectivity index (χ4v) is 1.15. The van der Waals surface area contributed by atoms with Crippen LogP contribution in [-0.2, 0) is 14.6 Å². The number of carboxylic acids is 1. The van der Waals surface area contributed by atoms with E-state index in [0.29, 0.717) is 0 Å². The summed E-state index contributed by atoms with van der Waals surface area (Å²) in [7, 11) is -3.10. The standard InChI is InChI=1S/C5H11NO4S/c1-11(9,10)3-2-4(6)5(7)8/h4H,2-3,6H2,1H3,(H,7,8)/t4-/m0/s1. The molecule has 0 radical (unpaired) electrons. The summed E-state index contributed by atoms with van der Waals surface area (Å²) in [6.07, 6.45) is 1.01. The van der Waals surface area contributed by atoms with Gasteiger partial charge in [0.25, 0.3) is 0 Å². The molecular formula is C5H11NO4S. The molecular weight excluding hydrogens is 170 g/mol. The Balaban J connectivity index is 3.82. The number of carboxylic acid groups (broad SMARTS) is 1. The lowest BCUT2D eigenvalue weighted by Gasteiger charge is -2.03. The average Bonchev–Trinajstić information content (AvgIpc) is 1.80. The second kappa shape index (κ2) is 3.68. The van der Waals surface area contributed by atoms with Crippen molar-refractivity contribution in [3.05, 3.63) is 0 Å². The number of hydrogen-bond donors (Lipinski definition) is 2. The lowest BCUT2D eigenvalue weighted by Crippen LogP contribution is -2.32. The molecule has 0 fully saturated rings. The van der Waals surface area contributed by atoms with Crippen molar-refractivity contribution < 1.29 is 18.3 Å². The Bertz CT molecular complexity index is 233. The molecule has 5 nitrogen and oxygen atoms in total. The minimum atomic E-state index is -3.10. The molecule has 0 heterocycles. The van der Waals surface area contributed by atoms with Crippen molar-refractivity contribution in [3.63, 3.8) is 0 Å². The maximum atomic E-state index is 10.5. The third-order valence-electron chi connectivity index (χ3n) is 1.12. The van der Waals surface area contributed by atoms with E-state index in [1.165, 1.54) is 0 Å². The van der Waals surface area contributed by atoms with Crippen LogP contribution >= 0.6 is 0 Å². The molecule has 0 bridgehead atoms. The second-order valence-corrected chi connectivity index (χ2v) is 4.62. The van der Waals surface area contributed by atoms with Gasteiger partial charge in [0.15, 0.2) is 0 Å². The van der Waals surface area contributed by atoms with E-state index in [4.69, 9.17) is 10.8 Å². The van der Waals surface area contributed by atoms with Gasteiger partial charge in [-0.3, -0.25) is 4.79 Å². The molecule has 0 aromatic heterocycles. The molecule has 0 saturated heterocycles. The van der Waals surface area contributed by atoms with Gasteiger partial charge in [0.1, 0.15) is 15.9 Å². The smallest absolute Gasteiger partial charge is 0.320 e. The van der Waals surface area contributed by atoms with E-state index in [1.54, 1.807) is 0 Å². The molecule has 11 heavy (non-hydrogen) atoms. The van der Waals surface area contributed by atoms with Crippen LogP contribution in [0.3, 0.4) is 0 Å². The van der Waals surface area contributed by atoms with Crippen molar-refractivity contribution in [1.82, 2.24) is 0 Å². The molecule has 0 aliphatic heterocycles. The van der Waals surface area contributed by atoms with Crippen LogP contribution in [-0.4, -0.2) is 37.5 Å². The molecule has 0 aromatic rings. The Morgan fingerprint density at radius 1 is 1.64 bits per heavy atom. The van der Waals surface area contributed by atoms with Gasteiger partial charge in [-0.2, -0.15) is 0 Å². The molecule has 0 saturated carbocycles.